The molecule has 0 N–H and O–H groups in total. The highest BCUT2D eigenvalue weighted by molar-refractivity contribution is 6.30. The average molecular weight is 493 g/mol. The Bertz CT molecular complexity index is 1590. The van der Waals surface area contributed by atoms with Crippen LogP contribution in [0.1, 0.15) is 11.1 Å². The summed E-state index contributed by atoms with van der Waals surface area (Å²) in [5.74, 6) is -0.247. The smallest absolute Gasteiger partial charge is 0.332 e. The van der Waals surface area contributed by atoms with Gasteiger partial charge in [-0.1, -0.05) is 54.1 Å². The Labute approximate surface area is 204 Å². The van der Waals surface area contributed by atoms with Gasteiger partial charge in [0, 0.05) is 19.1 Å². The minimum Gasteiger partial charge on any atom is -0.459 e. The Balaban J connectivity index is 1.56. The fraction of sp³-hybridized carbons (Fsp3) is 0.208. The van der Waals surface area contributed by atoms with Crippen molar-refractivity contribution in [2.24, 2.45) is 19.2 Å². The van der Waals surface area contributed by atoms with Crippen LogP contribution in [0.15, 0.2) is 69.3 Å². The number of anilines is 1. The zero-order valence-corrected chi connectivity index (χ0v) is 19.8. The van der Waals surface area contributed by atoms with Crippen LogP contribution in [0.3, 0.4) is 0 Å². The van der Waals surface area contributed by atoms with Crippen molar-refractivity contribution < 1.29 is 9.53 Å². The van der Waals surface area contributed by atoms with Crippen LogP contribution in [0.25, 0.3) is 11.2 Å². The number of halogens is 1. The van der Waals surface area contributed by atoms with E-state index >= 15 is 0 Å². The van der Waals surface area contributed by atoms with Gasteiger partial charge in [-0.2, -0.15) is 10.1 Å². The molecule has 4 aromatic rings. The summed E-state index contributed by atoms with van der Waals surface area (Å²) in [5, 5.41) is 6.61. The number of rotatable bonds is 5. The Hall–Kier alpha value is -4.18. The van der Waals surface area contributed by atoms with Crippen molar-refractivity contribution in [2.75, 3.05) is 11.6 Å². The lowest BCUT2D eigenvalue weighted by atomic mass is 10.1. The number of carbonyl (C=O) groups excluding carboxylic acids is 1. The summed E-state index contributed by atoms with van der Waals surface area (Å²) in [6.07, 6.45) is 0. The molecule has 10 nitrogen and oxygen atoms in total. The molecule has 0 spiro atoms. The fourth-order valence-electron chi connectivity index (χ4n) is 3.96. The van der Waals surface area contributed by atoms with Crippen LogP contribution in [0.4, 0.5) is 5.95 Å². The van der Waals surface area contributed by atoms with Crippen LogP contribution in [0, 0.1) is 0 Å². The van der Waals surface area contributed by atoms with Crippen LogP contribution in [0.5, 0.6) is 0 Å². The van der Waals surface area contributed by atoms with Crippen molar-refractivity contribution in [2.45, 2.75) is 13.2 Å². The van der Waals surface area contributed by atoms with Gasteiger partial charge in [-0.05, 0) is 23.3 Å². The monoisotopic (exact) mass is 492 g/mol. The number of hydrazone groups is 1. The second kappa shape index (κ2) is 8.88. The predicted octanol–water partition coefficient (Wildman–Crippen LogP) is 2.05. The molecule has 0 unspecified atom stereocenters. The van der Waals surface area contributed by atoms with Crippen molar-refractivity contribution in [3.05, 3.63) is 91.6 Å². The van der Waals surface area contributed by atoms with Crippen molar-refractivity contribution >= 4 is 40.4 Å². The fourth-order valence-corrected chi connectivity index (χ4v) is 4.08. The summed E-state index contributed by atoms with van der Waals surface area (Å²) in [6.45, 7) is 0.102. The Morgan fingerprint density at radius 1 is 1.03 bits per heavy atom. The molecule has 0 aliphatic carbocycles. The molecule has 0 amide bonds. The molecule has 2 aromatic heterocycles. The minimum atomic E-state index is -0.518. The van der Waals surface area contributed by atoms with Gasteiger partial charge in [0.2, 0.25) is 5.95 Å². The van der Waals surface area contributed by atoms with Crippen molar-refractivity contribution in [1.29, 1.82) is 0 Å². The van der Waals surface area contributed by atoms with Gasteiger partial charge in [0.1, 0.15) is 13.2 Å². The number of esters is 1. The Morgan fingerprint density at radius 2 is 1.74 bits per heavy atom. The molecule has 2 aromatic carbocycles. The summed E-state index contributed by atoms with van der Waals surface area (Å²) in [4.78, 5) is 42.7. The summed E-state index contributed by atoms with van der Waals surface area (Å²) in [6, 6.07) is 16.4. The molecule has 5 rings (SSSR count). The molecule has 3 heterocycles. The first-order chi connectivity index (χ1) is 16.8. The molecule has 0 saturated carbocycles. The summed E-state index contributed by atoms with van der Waals surface area (Å²) < 4.78 is 9.43. The number of nitrogens with zero attached hydrogens (tertiary/aromatic N) is 6. The van der Waals surface area contributed by atoms with Crippen LogP contribution in [-0.4, -0.2) is 36.9 Å². The quantitative estimate of drug-likeness (QED) is 0.395. The maximum Gasteiger partial charge on any atom is 0.332 e. The van der Waals surface area contributed by atoms with Gasteiger partial charge in [-0.15, -0.1) is 0 Å². The topological polar surface area (TPSA) is 104 Å². The third-order valence-corrected chi connectivity index (χ3v) is 6.06. The normalized spacial score (nSPS) is 13.0. The largest absolute Gasteiger partial charge is 0.459 e. The molecule has 1 aliphatic rings. The lowest BCUT2D eigenvalue weighted by molar-refractivity contribution is -0.143. The van der Waals surface area contributed by atoms with E-state index in [2.05, 4.69) is 10.1 Å². The standard InChI is InChI=1S/C24H21ClN6O4/c1-28-21-20(22(33)29(2)24(28)34)30-12-18(16-8-10-17(25)11-9-16)27-31(23(30)26-21)13-19(32)35-14-15-6-4-3-5-7-15/h3-11H,12-14H2,1-2H3. The van der Waals surface area contributed by atoms with Gasteiger partial charge in [0.05, 0.1) is 12.3 Å². The summed E-state index contributed by atoms with van der Waals surface area (Å²) >= 11 is 6.04. The van der Waals surface area contributed by atoms with Crippen molar-refractivity contribution in [1.82, 2.24) is 18.7 Å². The molecule has 11 heteroatoms. The number of carbonyl (C=O) groups is 1. The van der Waals surface area contributed by atoms with Crippen LogP contribution in [-0.2, 0) is 36.8 Å². The number of hydrogen-bond acceptors (Lipinski definition) is 7. The predicted molar refractivity (Wildman–Crippen MR) is 132 cm³/mol. The lowest BCUT2D eigenvalue weighted by Gasteiger charge is -2.25. The highest BCUT2D eigenvalue weighted by Crippen LogP contribution is 2.25. The third-order valence-electron chi connectivity index (χ3n) is 5.81. The maximum atomic E-state index is 13.0. The van der Waals surface area contributed by atoms with E-state index in [4.69, 9.17) is 16.3 Å². The van der Waals surface area contributed by atoms with Crippen LogP contribution < -0.4 is 16.3 Å². The zero-order chi connectivity index (χ0) is 24.7. The van der Waals surface area contributed by atoms with Gasteiger partial charge in [0.15, 0.2) is 11.2 Å². The molecule has 35 heavy (non-hydrogen) atoms. The van der Waals surface area contributed by atoms with E-state index < -0.39 is 17.2 Å². The SMILES string of the molecule is Cn1c(=O)c2c(nc3n2CC(c2ccc(Cl)cc2)=NN3CC(=O)OCc2ccccc2)n(C)c1=O. The third kappa shape index (κ3) is 4.12. The van der Waals surface area contributed by atoms with Gasteiger partial charge < -0.3 is 4.74 Å². The minimum absolute atomic E-state index is 0.118. The highest BCUT2D eigenvalue weighted by atomic mass is 35.5. The second-order valence-corrected chi connectivity index (χ2v) is 8.57. The number of benzene rings is 2. The molecule has 178 valence electrons. The number of ether oxygens (including phenoxy) is 1. The number of aryl methyl sites for hydroxylation is 1. The lowest BCUT2D eigenvalue weighted by Crippen LogP contribution is -2.38. The molecule has 0 atom stereocenters. The first kappa shape index (κ1) is 22.6. The number of hydrogen-bond donors (Lipinski definition) is 0. The van der Waals surface area contributed by atoms with Gasteiger partial charge in [-0.25, -0.2) is 9.80 Å². The highest BCUT2D eigenvalue weighted by Gasteiger charge is 2.29. The summed E-state index contributed by atoms with van der Waals surface area (Å²) in [7, 11) is 2.96. The molecule has 0 fully saturated rings. The van der Waals surface area contributed by atoms with E-state index in [0.717, 1.165) is 15.7 Å². The van der Waals surface area contributed by atoms with E-state index in [9.17, 15) is 14.4 Å². The second-order valence-electron chi connectivity index (χ2n) is 8.13. The number of imidazole rings is 1. The van der Waals surface area contributed by atoms with Crippen molar-refractivity contribution in [3.63, 3.8) is 0 Å². The Kier molecular flexibility index (Phi) is 5.73. The van der Waals surface area contributed by atoms with E-state index in [-0.39, 0.29) is 36.8 Å². The molecule has 0 saturated heterocycles. The molecule has 0 bridgehead atoms. The van der Waals surface area contributed by atoms with Gasteiger partial charge >= 0.3 is 11.7 Å². The van der Waals surface area contributed by atoms with E-state index in [1.54, 1.807) is 23.7 Å². The van der Waals surface area contributed by atoms with E-state index in [1.165, 1.54) is 16.6 Å². The van der Waals surface area contributed by atoms with E-state index in [1.807, 2.05) is 42.5 Å². The van der Waals surface area contributed by atoms with Gasteiger partial charge in [-0.3, -0.25) is 23.3 Å². The molecule has 0 radical (unpaired) electrons. The first-order valence-electron chi connectivity index (χ1n) is 10.8. The maximum absolute atomic E-state index is 13.0. The van der Waals surface area contributed by atoms with Crippen molar-refractivity contribution in [3.8, 4) is 0 Å². The van der Waals surface area contributed by atoms with Gasteiger partial charge in [0.25, 0.3) is 5.56 Å². The zero-order valence-electron chi connectivity index (χ0n) is 19.0. The molecular formula is C24H21ClN6O4. The molecular weight excluding hydrogens is 472 g/mol. The first-order valence-corrected chi connectivity index (χ1v) is 11.2. The number of fused-ring (bicyclic) bond motifs is 3. The summed E-state index contributed by atoms with van der Waals surface area (Å²) in [5.41, 5.74) is 1.70. The average Bonchev–Trinajstić information content (AvgIpc) is 3.26. The van der Waals surface area contributed by atoms with Crippen LogP contribution in [0.2, 0.25) is 5.02 Å². The number of aromatic nitrogens is 4. The Morgan fingerprint density at radius 3 is 2.46 bits per heavy atom. The van der Waals surface area contributed by atoms with E-state index in [0.29, 0.717) is 10.7 Å². The molecule has 1 aliphatic heterocycles. The van der Waals surface area contributed by atoms with Crippen LogP contribution >= 0.6 is 11.6 Å².